The molecule has 0 bridgehead atoms. The minimum absolute atomic E-state index is 0.0212. The highest BCUT2D eigenvalue weighted by Gasteiger charge is 2.43. The zero-order valence-corrected chi connectivity index (χ0v) is 9.98. The Labute approximate surface area is 108 Å². The Morgan fingerprint density at radius 2 is 1.11 bits per heavy atom. The highest BCUT2D eigenvalue weighted by atomic mass is 19.4. The first-order chi connectivity index (χ1) is 8.91. The van der Waals surface area contributed by atoms with E-state index in [2.05, 4.69) is 0 Å². The number of rotatable bonds is 2. The molecule has 0 spiro atoms. The number of hydrogen-bond donors (Lipinski definition) is 2. The monoisotopic (exact) mass is 266 g/mol. The molecule has 2 aromatic carbocycles. The molecule has 0 saturated carbocycles. The lowest BCUT2D eigenvalue weighted by molar-refractivity contribution is -0.140. The molecule has 0 aliphatic rings. The maximum atomic E-state index is 13.3. The number of anilines is 2. The van der Waals surface area contributed by atoms with E-state index in [4.69, 9.17) is 11.5 Å². The van der Waals surface area contributed by atoms with Crippen LogP contribution in [0.25, 0.3) is 0 Å². The van der Waals surface area contributed by atoms with Crippen molar-refractivity contribution in [1.82, 2.24) is 0 Å². The van der Waals surface area contributed by atoms with E-state index in [1.54, 1.807) is 12.1 Å². The molecule has 0 amide bonds. The third-order valence-electron chi connectivity index (χ3n) is 2.94. The molecule has 100 valence electrons. The van der Waals surface area contributed by atoms with Crippen LogP contribution in [0.4, 0.5) is 24.5 Å². The van der Waals surface area contributed by atoms with Crippen LogP contribution in [0.15, 0.2) is 48.5 Å². The molecule has 0 aliphatic carbocycles. The molecular weight excluding hydrogens is 253 g/mol. The van der Waals surface area contributed by atoms with Crippen LogP contribution in [-0.2, 0) is 0 Å². The van der Waals surface area contributed by atoms with Gasteiger partial charge in [-0.2, -0.15) is 13.2 Å². The van der Waals surface area contributed by atoms with Crippen LogP contribution < -0.4 is 11.5 Å². The van der Waals surface area contributed by atoms with E-state index in [0.717, 1.165) is 0 Å². The minimum Gasteiger partial charge on any atom is -0.398 e. The summed E-state index contributed by atoms with van der Waals surface area (Å²) in [5, 5.41) is 0. The predicted octanol–water partition coefficient (Wildman–Crippen LogP) is 3.55. The largest absolute Gasteiger partial charge is 0.399 e. The summed E-state index contributed by atoms with van der Waals surface area (Å²) >= 11 is 0. The second kappa shape index (κ2) is 4.84. The molecule has 2 nitrogen and oxygen atoms in total. The number of benzene rings is 2. The molecule has 2 aromatic rings. The van der Waals surface area contributed by atoms with Crippen LogP contribution >= 0.6 is 0 Å². The van der Waals surface area contributed by atoms with E-state index in [1.165, 1.54) is 36.4 Å². The van der Waals surface area contributed by atoms with Gasteiger partial charge in [-0.3, -0.25) is 0 Å². The third-order valence-corrected chi connectivity index (χ3v) is 2.94. The van der Waals surface area contributed by atoms with Crippen molar-refractivity contribution in [3.63, 3.8) is 0 Å². The number of para-hydroxylation sites is 2. The van der Waals surface area contributed by atoms with Gasteiger partial charge in [0.15, 0.2) is 0 Å². The molecule has 0 fully saturated rings. The summed E-state index contributed by atoms with van der Waals surface area (Å²) in [4.78, 5) is 0. The van der Waals surface area contributed by atoms with Gasteiger partial charge in [0.25, 0.3) is 0 Å². The van der Waals surface area contributed by atoms with E-state index in [0.29, 0.717) is 0 Å². The van der Waals surface area contributed by atoms with Crippen molar-refractivity contribution >= 4 is 11.4 Å². The summed E-state index contributed by atoms with van der Waals surface area (Å²) < 4.78 is 40.0. The standard InChI is InChI=1S/C14H13F3N2/c15-14(16,17)13(9-5-1-3-7-11(9)18)10-6-2-4-8-12(10)19/h1-8,13H,18-19H2. The van der Waals surface area contributed by atoms with Crippen molar-refractivity contribution < 1.29 is 13.2 Å². The van der Waals surface area contributed by atoms with Gasteiger partial charge in [-0.15, -0.1) is 0 Å². The zero-order chi connectivity index (χ0) is 14.0. The van der Waals surface area contributed by atoms with E-state index < -0.39 is 12.1 Å². The van der Waals surface area contributed by atoms with Crippen molar-refractivity contribution in [3.05, 3.63) is 59.7 Å². The second-order valence-electron chi connectivity index (χ2n) is 4.23. The SMILES string of the molecule is Nc1ccccc1C(c1ccccc1N)C(F)(F)F. The van der Waals surface area contributed by atoms with Gasteiger partial charge in [-0.05, 0) is 23.3 Å². The molecule has 19 heavy (non-hydrogen) atoms. The smallest absolute Gasteiger partial charge is 0.398 e. The fourth-order valence-corrected chi connectivity index (χ4v) is 2.07. The lowest BCUT2D eigenvalue weighted by Crippen LogP contribution is -2.24. The Hall–Kier alpha value is -2.17. The summed E-state index contributed by atoms with van der Waals surface area (Å²) in [6, 6.07) is 11.9. The van der Waals surface area contributed by atoms with E-state index >= 15 is 0 Å². The average Bonchev–Trinajstić information content (AvgIpc) is 2.33. The minimum atomic E-state index is -4.45. The number of hydrogen-bond acceptors (Lipinski definition) is 2. The average molecular weight is 266 g/mol. The molecule has 0 aromatic heterocycles. The van der Waals surface area contributed by atoms with Crippen LogP contribution in [0.3, 0.4) is 0 Å². The Bertz CT molecular complexity index is 533. The summed E-state index contributed by atoms with van der Waals surface area (Å²) in [6.45, 7) is 0. The molecule has 4 N–H and O–H groups in total. The van der Waals surface area contributed by atoms with Crippen LogP contribution in [0, 0.1) is 0 Å². The first kappa shape index (κ1) is 13.3. The molecule has 0 saturated heterocycles. The first-order valence-electron chi connectivity index (χ1n) is 5.67. The molecular formula is C14H13F3N2. The molecule has 0 atom stereocenters. The van der Waals surface area contributed by atoms with Crippen LogP contribution in [-0.4, -0.2) is 6.18 Å². The van der Waals surface area contributed by atoms with Gasteiger partial charge in [-0.25, -0.2) is 0 Å². The molecule has 0 heterocycles. The maximum Gasteiger partial charge on any atom is 0.399 e. The molecule has 5 heteroatoms. The summed E-state index contributed by atoms with van der Waals surface area (Å²) in [6.07, 6.45) is -4.45. The lowest BCUT2D eigenvalue weighted by atomic mass is 9.88. The Morgan fingerprint density at radius 3 is 1.42 bits per heavy atom. The van der Waals surface area contributed by atoms with Gasteiger partial charge in [-0.1, -0.05) is 36.4 Å². The third kappa shape index (κ3) is 2.65. The van der Waals surface area contributed by atoms with Crippen LogP contribution in [0.2, 0.25) is 0 Å². The zero-order valence-electron chi connectivity index (χ0n) is 9.98. The van der Waals surface area contributed by atoms with Crippen molar-refractivity contribution in [2.75, 3.05) is 11.5 Å². The van der Waals surface area contributed by atoms with Gasteiger partial charge in [0.1, 0.15) is 5.92 Å². The normalized spacial score (nSPS) is 11.8. The molecule has 0 radical (unpaired) electrons. The van der Waals surface area contributed by atoms with E-state index in [-0.39, 0.29) is 22.5 Å². The fraction of sp³-hybridized carbons (Fsp3) is 0.143. The second-order valence-corrected chi connectivity index (χ2v) is 4.23. The van der Waals surface area contributed by atoms with Crippen molar-refractivity contribution in [3.8, 4) is 0 Å². The number of nitrogen functional groups attached to an aromatic ring is 2. The maximum absolute atomic E-state index is 13.3. The van der Waals surface area contributed by atoms with E-state index in [1.807, 2.05) is 0 Å². The highest BCUT2D eigenvalue weighted by Crippen LogP contribution is 2.43. The summed E-state index contributed by atoms with van der Waals surface area (Å²) in [7, 11) is 0. The van der Waals surface area contributed by atoms with Gasteiger partial charge in [0.2, 0.25) is 0 Å². The molecule has 0 aliphatic heterocycles. The highest BCUT2D eigenvalue weighted by molar-refractivity contribution is 5.58. The van der Waals surface area contributed by atoms with Crippen molar-refractivity contribution in [2.24, 2.45) is 0 Å². The Morgan fingerprint density at radius 1 is 0.737 bits per heavy atom. The topological polar surface area (TPSA) is 52.0 Å². The number of halogens is 3. The van der Waals surface area contributed by atoms with E-state index in [9.17, 15) is 13.2 Å². The quantitative estimate of drug-likeness (QED) is 0.817. The lowest BCUT2D eigenvalue weighted by Gasteiger charge is -2.23. The fourth-order valence-electron chi connectivity index (χ4n) is 2.07. The molecule has 2 rings (SSSR count). The number of alkyl halides is 3. The first-order valence-corrected chi connectivity index (χ1v) is 5.67. The summed E-state index contributed by atoms with van der Waals surface area (Å²) in [5.74, 6) is -1.81. The number of nitrogens with two attached hydrogens (primary N) is 2. The molecule has 0 unspecified atom stereocenters. The van der Waals surface area contributed by atoms with Crippen LogP contribution in [0.1, 0.15) is 17.0 Å². The van der Waals surface area contributed by atoms with Gasteiger partial charge >= 0.3 is 6.18 Å². The van der Waals surface area contributed by atoms with Crippen molar-refractivity contribution in [1.29, 1.82) is 0 Å². The predicted molar refractivity (Wildman–Crippen MR) is 69.6 cm³/mol. The van der Waals surface area contributed by atoms with Gasteiger partial charge in [0.05, 0.1) is 0 Å². The Kier molecular flexibility index (Phi) is 3.38. The van der Waals surface area contributed by atoms with Crippen molar-refractivity contribution in [2.45, 2.75) is 12.1 Å². The summed E-state index contributed by atoms with van der Waals surface area (Å²) in [5.41, 5.74) is 11.6. The van der Waals surface area contributed by atoms with Gasteiger partial charge in [0, 0.05) is 11.4 Å². The van der Waals surface area contributed by atoms with Gasteiger partial charge < -0.3 is 11.5 Å². The van der Waals surface area contributed by atoms with Crippen LogP contribution in [0.5, 0.6) is 0 Å². The Balaban J connectivity index is 2.62.